The van der Waals surface area contributed by atoms with E-state index in [1.54, 1.807) is 0 Å². The zero-order chi connectivity index (χ0) is 8.02. The molecule has 12 heavy (non-hydrogen) atoms. The molecule has 1 aliphatic carbocycles. The second-order valence-corrected chi connectivity index (χ2v) is 3.87. The summed E-state index contributed by atoms with van der Waals surface area (Å²) >= 11 is 0. The molecular formula is C11H12O. The summed E-state index contributed by atoms with van der Waals surface area (Å²) in [7, 11) is 0. The van der Waals surface area contributed by atoms with E-state index in [0.717, 1.165) is 12.4 Å². The highest BCUT2D eigenvalue weighted by Gasteiger charge is 2.47. The van der Waals surface area contributed by atoms with Crippen LogP contribution in [0.25, 0.3) is 0 Å². The topological polar surface area (TPSA) is 9.23 Å². The molecule has 1 aromatic carbocycles. The summed E-state index contributed by atoms with van der Waals surface area (Å²) in [5.74, 6) is 1.13. The summed E-state index contributed by atoms with van der Waals surface area (Å²) in [6.45, 7) is 0.914. The third-order valence-electron chi connectivity index (χ3n) is 3.15. The predicted molar refractivity (Wildman–Crippen MR) is 47.5 cm³/mol. The molecule has 1 fully saturated rings. The molecule has 1 nitrogen and oxygen atoms in total. The molecule has 1 spiro atoms. The van der Waals surface area contributed by atoms with E-state index in [-0.39, 0.29) is 0 Å². The standard InChI is InChI=1S/C11H12O/c1-2-4-10-9(3-1)11(5-6-11)7-8-12-10/h1-4H,5-8H2. The lowest BCUT2D eigenvalue weighted by Crippen LogP contribution is -2.19. The van der Waals surface area contributed by atoms with Gasteiger partial charge in [-0.1, -0.05) is 18.2 Å². The first-order chi connectivity index (χ1) is 5.91. The summed E-state index contributed by atoms with van der Waals surface area (Å²) in [5, 5.41) is 0. The molecule has 1 saturated carbocycles. The van der Waals surface area contributed by atoms with Crippen molar-refractivity contribution >= 4 is 0 Å². The summed E-state index contributed by atoms with van der Waals surface area (Å²) < 4.78 is 5.60. The maximum absolute atomic E-state index is 5.60. The average molecular weight is 160 g/mol. The molecule has 0 atom stereocenters. The molecule has 2 aliphatic rings. The Labute approximate surface area is 72.4 Å². The van der Waals surface area contributed by atoms with Gasteiger partial charge < -0.3 is 4.74 Å². The quantitative estimate of drug-likeness (QED) is 0.566. The van der Waals surface area contributed by atoms with E-state index in [1.165, 1.54) is 24.8 Å². The van der Waals surface area contributed by atoms with Gasteiger partial charge in [0, 0.05) is 11.0 Å². The number of hydrogen-bond donors (Lipinski definition) is 0. The second-order valence-electron chi connectivity index (χ2n) is 3.87. The van der Waals surface area contributed by atoms with Crippen molar-refractivity contribution in [2.24, 2.45) is 0 Å². The van der Waals surface area contributed by atoms with Crippen LogP contribution in [0.15, 0.2) is 24.3 Å². The smallest absolute Gasteiger partial charge is 0.123 e. The van der Waals surface area contributed by atoms with Gasteiger partial charge in [0.1, 0.15) is 5.75 Å². The van der Waals surface area contributed by atoms with Crippen LogP contribution in [0.5, 0.6) is 5.75 Å². The lowest BCUT2D eigenvalue weighted by atomic mass is 9.90. The van der Waals surface area contributed by atoms with Gasteiger partial charge in [-0.15, -0.1) is 0 Å². The van der Waals surface area contributed by atoms with Crippen molar-refractivity contribution in [1.82, 2.24) is 0 Å². The summed E-state index contributed by atoms with van der Waals surface area (Å²) in [6, 6.07) is 8.49. The molecule has 0 saturated heterocycles. The van der Waals surface area contributed by atoms with Crippen LogP contribution in [-0.4, -0.2) is 6.61 Å². The van der Waals surface area contributed by atoms with Crippen molar-refractivity contribution in [1.29, 1.82) is 0 Å². The summed E-state index contributed by atoms with van der Waals surface area (Å²) in [4.78, 5) is 0. The van der Waals surface area contributed by atoms with Crippen LogP contribution in [0, 0.1) is 0 Å². The monoisotopic (exact) mass is 160 g/mol. The fourth-order valence-corrected chi connectivity index (χ4v) is 2.19. The zero-order valence-electron chi connectivity index (χ0n) is 7.05. The average Bonchev–Trinajstić information content (AvgIpc) is 2.87. The van der Waals surface area contributed by atoms with Crippen LogP contribution in [0.1, 0.15) is 24.8 Å². The van der Waals surface area contributed by atoms with Crippen molar-refractivity contribution in [3.63, 3.8) is 0 Å². The summed E-state index contributed by atoms with van der Waals surface area (Å²) in [5.41, 5.74) is 1.99. The van der Waals surface area contributed by atoms with E-state index in [0.29, 0.717) is 5.41 Å². The molecule has 0 radical (unpaired) electrons. The Morgan fingerprint density at radius 1 is 1.08 bits per heavy atom. The molecule has 0 unspecified atom stereocenters. The third-order valence-corrected chi connectivity index (χ3v) is 3.15. The SMILES string of the molecule is c1ccc2c(c1)OCCC21CC1. The maximum Gasteiger partial charge on any atom is 0.123 e. The number of benzene rings is 1. The van der Waals surface area contributed by atoms with Gasteiger partial charge in [-0.3, -0.25) is 0 Å². The molecule has 3 rings (SSSR count). The Kier molecular flexibility index (Phi) is 1.11. The first-order valence-electron chi connectivity index (χ1n) is 4.63. The van der Waals surface area contributed by atoms with E-state index >= 15 is 0 Å². The van der Waals surface area contributed by atoms with Crippen molar-refractivity contribution in [3.05, 3.63) is 29.8 Å². The lowest BCUT2D eigenvalue weighted by Gasteiger charge is -2.25. The normalized spacial score (nSPS) is 23.0. The highest BCUT2D eigenvalue weighted by Crippen LogP contribution is 2.55. The minimum atomic E-state index is 0.537. The molecule has 62 valence electrons. The van der Waals surface area contributed by atoms with E-state index in [1.807, 2.05) is 0 Å². The maximum atomic E-state index is 5.60. The fourth-order valence-electron chi connectivity index (χ4n) is 2.19. The molecule has 1 aliphatic heterocycles. The molecule has 1 aromatic rings. The highest BCUT2D eigenvalue weighted by atomic mass is 16.5. The number of rotatable bonds is 0. The molecule has 0 amide bonds. The van der Waals surface area contributed by atoms with Crippen LogP contribution >= 0.6 is 0 Å². The lowest BCUT2D eigenvalue weighted by molar-refractivity contribution is 0.260. The number of para-hydroxylation sites is 1. The van der Waals surface area contributed by atoms with Crippen LogP contribution in [0.2, 0.25) is 0 Å². The molecule has 1 heteroatoms. The van der Waals surface area contributed by atoms with Gasteiger partial charge in [0.15, 0.2) is 0 Å². The largest absolute Gasteiger partial charge is 0.493 e. The Hall–Kier alpha value is -0.980. The van der Waals surface area contributed by atoms with Gasteiger partial charge in [0.2, 0.25) is 0 Å². The van der Waals surface area contributed by atoms with Gasteiger partial charge in [-0.2, -0.15) is 0 Å². The molecule has 0 aromatic heterocycles. The number of hydrogen-bond acceptors (Lipinski definition) is 1. The fraction of sp³-hybridized carbons (Fsp3) is 0.455. The van der Waals surface area contributed by atoms with Crippen molar-refractivity contribution in [3.8, 4) is 5.75 Å². The van der Waals surface area contributed by atoms with E-state index in [4.69, 9.17) is 4.74 Å². The molecule has 0 bridgehead atoms. The van der Waals surface area contributed by atoms with Gasteiger partial charge >= 0.3 is 0 Å². The van der Waals surface area contributed by atoms with Gasteiger partial charge in [-0.05, 0) is 25.3 Å². The first kappa shape index (κ1) is 6.53. The highest BCUT2D eigenvalue weighted by molar-refractivity contribution is 5.44. The third kappa shape index (κ3) is 0.739. The van der Waals surface area contributed by atoms with Crippen LogP contribution in [-0.2, 0) is 5.41 Å². The van der Waals surface area contributed by atoms with Crippen LogP contribution in [0.3, 0.4) is 0 Å². The van der Waals surface area contributed by atoms with Gasteiger partial charge in [0.25, 0.3) is 0 Å². The minimum Gasteiger partial charge on any atom is -0.493 e. The number of fused-ring (bicyclic) bond motifs is 2. The summed E-state index contributed by atoms with van der Waals surface area (Å²) in [6.07, 6.45) is 3.96. The van der Waals surface area contributed by atoms with E-state index < -0.39 is 0 Å². The van der Waals surface area contributed by atoms with E-state index in [9.17, 15) is 0 Å². The van der Waals surface area contributed by atoms with Crippen molar-refractivity contribution in [2.45, 2.75) is 24.7 Å². The molecular weight excluding hydrogens is 148 g/mol. The first-order valence-corrected chi connectivity index (χ1v) is 4.63. The van der Waals surface area contributed by atoms with Crippen LogP contribution < -0.4 is 4.74 Å². The zero-order valence-corrected chi connectivity index (χ0v) is 7.05. The van der Waals surface area contributed by atoms with Crippen molar-refractivity contribution < 1.29 is 4.74 Å². The second kappa shape index (κ2) is 2.03. The van der Waals surface area contributed by atoms with Gasteiger partial charge in [0.05, 0.1) is 6.61 Å². The minimum absolute atomic E-state index is 0.537. The Morgan fingerprint density at radius 2 is 1.92 bits per heavy atom. The van der Waals surface area contributed by atoms with Crippen LogP contribution in [0.4, 0.5) is 0 Å². The number of ether oxygens (including phenoxy) is 1. The predicted octanol–water partition coefficient (Wildman–Crippen LogP) is 2.50. The Morgan fingerprint density at radius 3 is 2.75 bits per heavy atom. The molecule has 1 heterocycles. The van der Waals surface area contributed by atoms with Crippen molar-refractivity contribution in [2.75, 3.05) is 6.61 Å². The van der Waals surface area contributed by atoms with Gasteiger partial charge in [-0.25, -0.2) is 0 Å². The Bertz CT molecular complexity index is 313. The van der Waals surface area contributed by atoms with E-state index in [2.05, 4.69) is 24.3 Å². The molecule has 0 N–H and O–H groups in total. The Balaban J connectivity index is 2.16.